The van der Waals surface area contributed by atoms with Crippen LogP contribution in [-0.2, 0) is 6.42 Å². The second-order valence-corrected chi connectivity index (χ2v) is 4.45. The Bertz CT molecular complexity index is 513. The molecule has 1 N–H and O–H groups in total. The monoisotopic (exact) mass is 255 g/mol. The zero-order valence-electron chi connectivity index (χ0n) is 8.99. The van der Waals surface area contributed by atoms with Crippen LogP contribution in [0.3, 0.4) is 0 Å². The zero-order chi connectivity index (χ0) is 12.3. The molecule has 0 atom stereocenters. The number of nitrogens with zero attached hydrogens (tertiary/aromatic N) is 1. The Morgan fingerprint density at radius 2 is 2.12 bits per heavy atom. The average Bonchev–Trinajstić information content (AvgIpc) is 2.75. The summed E-state index contributed by atoms with van der Waals surface area (Å²) < 4.78 is 26.2. The summed E-state index contributed by atoms with van der Waals surface area (Å²) in [7, 11) is 0. The summed E-state index contributed by atoms with van der Waals surface area (Å²) in [5.41, 5.74) is 1.13. The van der Waals surface area contributed by atoms with Crippen LogP contribution in [0.4, 0.5) is 8.78 Å². The van der Waals surface area contributed by atoms with Crippen LogP contribution < -0.4 is 0 Å². The van der Waals surface area contributed by atoms with Gasteiger partial charge in [0.15, 0.2) is 0 Å². The lowest BCUT2D eigenvalue weighted by Gasteiger charge is -1.98. The standard InChI is InChI=1S/C12H11F2NOS/c13-8-3-4-10(11(14)6-8)12-15-9(7-17-12)2-1-5-16/h3-4,6-7,16H,1-2,5H2. The minimum atomic E-state index is -0.604. The molecule has 90 valence electrons. The van der Waals surface area contributed by atoms with E-state index in [1.807, 2.05) is 5.38 Å². The van der Waals surface area contributed by atoms with E-state index < -0.39 is 11.6 Å². The summed E-state index contributed by atoms with van der Waals surface area (Å²) in [5, 5.41) is 11.1. The molecule has 5 heteroatoms. The van der Waals surface area contributed by atoms with Crippen molar-refractivity contribution in [3.05, 3.63) is 40.9 Å². The van der Waals surface area contributed by atoms with Gasteiger partial charge >= 0.3 is 0 Å². The Morgan fingerprint density at radius 1 is 1.29 bits per heavy atom. The van der Waals surface area contributed by atoms with E-state index in [-0.39, 0.29) is 6.61 Å². The van der Waals surface area contributed by atoms with Gasteiger partial charge in [-0.1, -0.05) is 0 Å². The van der Waals surface area contributed by atoms with Crippen molar-refractivity contribution in [1.82, 2.24) is 4.98 Å². The first-order chi connectivity index (χ1) is 8.20. The molecule has 0 aliphatic heterocycles. The topological polar surface area (TPSA) is 33.1 Å². The van der Waals surface area contributed by atoms with Gasteiger partial charge in [-0.2, -0.15) is 0 Å². The van der Waals surface area contributed by atoms with Crippen molar-refractivity contribution in [1.29, 1.82) is 0 Å². The molecule has 0 radical (unpaired) electrons. The van der Waals surface area contributed by atoms with Crippen LogP contribution in [0, 0.1) is 11.6 Å². The summed E-state index contributed by atoms with van der Waals surface area (Å²) in [4.78, 5) is 4.25. The summed E-state index contributed by atoms with van der Waals surface area (Å²) >= 11 is 1.32. The first-order valence-electron chi connectivity index (χ1n) is 5.21. The van der Waals surface area contributed by atoms with Crippen molar-refractivity contribution >= 4 is 11.3 Å². The third-order valence-corrected chi connectivity index (χ3v) is 3.23. The number of halogens is 2. The quantitative estimate of drug-likeness (QED) is 0.911. The Morgan fingerprint density at radius 3 is 2.82 bits per heavy atom. The average molecular weight is 255 g/mol. The molecular weight excluding hydrogens is 244 g/mol. The fraction of sp³-hybridized carbons (Fsp3) is 0.250. The van der Waals surface area contributed by atoms with Gasteiger partial charge in [0.2, 0.25) is 0 Å². The fourth-order valence-corrected chi connectivity index (χ4v) is 2.35. The van der Waals surface area contributed by atoms with Gasteiger partial charge in [-0.3, -0.25) is 0 Å². The van der Waals surface area contributed by atoms with Crippen molar-refractivity contribution in [3.63, 3.8) is 0 Å². The SMILES string of the molecule is OCCCc1csc(-c2ccc(F)cc2F)n1. The number of aryl methyl sites for hydroxylation is 1. The fourth-order valence-electron chi connectivity index (χ4n) is 1.47. The number of rotatable bonds is 4. The Balaban J connectivity index is 2.24. The van der Waals surface area contributed by atoms with Crippen LogP contribution >= 0.6 is 11.3 Å². The maximum atomic E-state index is 13.5. The molecule has 0 bridgehead atoms. The maximum Gasteiger partial charge on any atom is 0.136 e. The Labute approximate surface area is 102 Å². The lowest BCUT2D eigenvalue weighted by atomic mass is 10.2. The van der Waals surface area contributed by atoms with E-state index in [9.17, 15) is 8.78 Å². The maximum absolute atomic E-state index is 13.5. The van der Waals surface area contributed by atoms with Crippen LogP contribution in [0.15, 0.2) is 23.6 Å². The normalized spacial score (nSPS) is 10.8. The molecule has 2 aromatic rings. The lowest BCUT2D eigenvalue weighted by molar-refractivity contribution is 0.288. The van der Waals surface area contributed by atoms with Crippen molar-refractivity contribution in [3.8, 4) is 10.6 Å². The Kier molecular flexibility index (Phi) is 3.81. The number of hydrogen-bond acceptors (Lipinski definition) is 3. The minimum absolute atomic E-state index is 0.109. The van der Waals surface area contributed by atoms with Crippen LogP contribution in [0.5, 0.6) is 0 Å². The van der Waals surface area contributed by atoms with Crippen molar-refractivity contribution in [2.45, 2.75) is 12.8 Å². The van der Waals surface area contributed by atoms with Crippen molar-refractivity contribution in [2.75, 3.05) is 6.61 Å². The molecule has 1 aromatic heterocycles. The molecule has 0 unspecified atom stereocenters. The molecule has 1 heterocycles. The molecule has 0 amide bonds. The van der Waals surface area contributed by atoms with E-state index in [1.165, 1.54) is 23.5 Å². The molecule has 0 aliphatic rings. The number of hydrogen-bond donors (Lipinski definition) is 1. The number of benzene rings is 1. The second-order valence-electron chi connectivity index (χ2n) is 3.60. The van der Waals surface area contributed by atoms with E-state index in [0.29, 0.717) is 23.4 Å². The van der Waals surface area contributed by atoms with Gasteiger partial charge in [-0.25, -0.2) is 13.8 Å². The highest BCUT2D eigenvalue weighted by molar-refractivity contribution is 7.13. The molecule has 0 saturated heterocycles. The lowest BCUT2D eigenvalue weighted by Crippen LogP contribution is -1.90. The molecule has 17 heavy (non-hydrogen) atoms. The predicted octanol–water partition coefficient (Wildman–Crippen LogP) is 3.01. The van der Waals surface area contributed by atoms with E-state index >= 15 is 0 Å². The number of thiazole rings is 1. The van der Waals surface area contributed by atoms with Gasteiger partial charge < -0.3 is 5.11 Å². The van der Waals surface area contributed by atoms with Crippen LogP contribution in [0.25, 0.3) is 10.6 Å². The third kappa shape index (κ3) is 2.87. The molecular formula is C12H11F2NOS. The minimum Gasteiger partial charge on any atom is -0.396 e. The summed E-state index contributed by atoms with van der Waals surface area (Å²) in [6, 6.07) is 3.46. The van der Waals surface area contributed by atoms with Crippen LogP contribution in [0.2, 0.25) is 0 Å². The third-order valence-electron chi connectivity index (χ3n) is 2.30. The number of aliphatic hydroxyl groups is 1. The molecule has 0 saturated carbocycles. The van der Waals surface area contributed by atoms with Gasteiger partial charge in [0.25, 0.3) is 0 Å². The summed E-state index contributed by atoms with van der Waals surface area (Å²) in [5.74, 6) is -1.20. The van der Waals surface area contributed by atoms with Crippen LogP contribution in [0.1, 0.15) is 12.1 Å². The first-order valence-corrected chi connectivity index (χ1v) is 6.09. The highest BCUT2D eigenvalue weighted by atomic mass is 32.1. The first kappa shape index (κ1) is 12.1. The van der Waals surface area contributed by atoms with Crippen molar-refractivity contribution in [2.24, 2.45) is 0 Å². The van der Waals surface area contributed by atoms with Gasteiger partial charge in [-0.05, 0) is 25.0 Å². The highest BCUT2D eigenvalue weighted by Gasteiger charge is 2.10. The number of aromatic nitrogens is 1. The van der Waals surface area contributed by atoms with E-state index in [0.717, 1.165) is 11.8 Å². The second kappa shape index (κ2) is 5.33. The summed E-state index contributed by atoms with van der Waals surface area (Å²) in [6.45, 7) is 0.109. The molecule has 0 spiro atoms. The van der Waals surface area contributed by atoms with Crippen LogP contribution in [-0.4, -0.2) is 16.7 Å². The van der Waals surface area contributed by atoms with Gasteiger partial charge in [0, 0.05) is 23.6 Å². The van der Waals surface area contributed by atoms with Gasteiger partial charge in [-0.15, -0.1) is 11.3 Å². The van der Waals surface area contributed by atoms with E-state index in [2.05, 4.69) is 4.98 Å². The van der Waals surface area contributed by atoms with Crippen molar-refractivity contribution < 1.29 is 13.9 Å². The molecule has 2 nitrogen and oxygen atoms in total. The highest BCUT2D eigenvalue weighted by Crippen LogP contribution is 2.27. The molecule has 2 rings (SSSR count). The number of aliphatic hydroxyl groups excluding tert-OH is 1. The Hall–Kier alpha value is -1.33. The molecule has 0 fully saturated rings. The van der Waals surface area contributed by atoms with E-state index in [1.54, 1.807) is 0 Å². The molecule has 0 aliphatic carbocycles. The smallest absolute Gasteiger partial charge is 0.136 e. The van der Waals surface area contributed by atoms with Gasteiger partial charge in [0.05, 0.1) is 5.69 Å². The molecule has 1 aromatic carbocycles. The summed E-state index contributed by atoms with van der Waals surface area (Å²) in [6.07, 6.45) is 1.30. The van der Waals surface area contributed by atoms with Gasteiger partial charge in [0.1, 0.15) is 16.6 Å². The largest absolute Gasteiger partial charge is 0.396 e. The predicted molar refractivity (Wildman–Crippen MR) is 62.9 cm³/mol. The zero-order valence-corrected chi connectivity index (χ0v) is 9.81. The van der Waals surface area contributed by atoms with E-state index in [4.69, 9.17) is 5.11 Å².